The van der Waals surface area contributed by atoms with Crippen LogP contribution in [0.1, 0.15) is 72.6 Å². The molecule has 138 valence electrons. The number of carbonyl (C=O) groups excluding carboxylic acids is 1. The van der Waals surface area contributed by atoms with E-state index in [9.17, 15) is 14.8 Å². The summed E-state index contributed by atoms with van der Waals surface area (Å²) >= 11 is 0. The molecule has 0 bridgehead atoms. The van der Waals surface area contributed by atoms with Crippen molar-refractivity contribution in [3.05, 3.63) is 16.1 Å². The number of Topliss-reactive ketones (excluding diaryl/α,β-unsaturated/α-hetero) is 1. The molecule has 7 atom stereocenters. The molecule has 0 aromatic rings. The number of carbonyl (C=O) groups is 1. The monoisotopic (exact) mass is 345 g/mol. The third-order valence-corrected chi connectivity index (χ3v) is 9.10. The Morgan fingerprint density at radius 1 is 1.08 bits per heavy atom. The van der Waals surface area contributed by atoms with E-state index >= 15 is 0 Å². The second-order valence-corrected chi connectivity index (χ2v) is 9.89. The van der Waals surface area contributed by atoms with E-state index < -0.39 is 11.6 Å². The molecule has 0 aromatic carbocycles. The number of hydrogen-bond donors (Lipinski definition) is 1. The highest BCUT2D eigenvalue weighted by molar-refractivity contribution is 6.01. The Morgan fingerprint density at radius 2 is 1.76 bits per heavy atom. The van der Waals surface area contributed by atoms with Crippen LogP contribution in [0.25, 0.3) is 0 Å². The van der Waals surface area contributed by atoms with E-state index in [1.54, 1.807) is 0 Å². The van der Waals surface area contributed by atoms with Crippen LogP contribution in [0.5, 0.6) is 0 Å². The second-order valence-electron chi connectivity index (χ2n) is 9.89. The van der Waals surface area contributed by atoms with Crippen LogP contribution in [0.3, 0.4) is 0 Å². The Kier molecular flexibility index (Phi) is 3.65. The highest BCUT2D eigenvalue weighted by Crippen LogP contribution is 2.67. The smallest absolute Gasteiger partial charge is 0.186 e. The number of hydrogen-bond acceptors (Lipinski definition) is 4. The summed E-state index contributed by atoms with van der Waals surface area (Å²) in [5.74, 6) is 1.61. The molecule has 4 aliphatic rings. The quantitative estimate of drug-likeness (QED) is 0.716. The topological polar surface area (TPSA) is 66.7 Å². The van der Waals surface area contributed by atoms with Gasteiger partial charge in [-0.25, -0.2) is 0 Å². The molecule has 3 saturated carbocycles. The maximum atomic E-state index is 12.4. The third-order valence-electron chi connectivity index (χ3n) is 9.10. The number of aliphatic hydroxyl groups is 1. The number of allylic oxidation sites excluding steroid dienone is 1. The van der Waals surface area contributed by atoms with Gasteiger partial charge in [-0.3, -0.25) is 4.79 Å². The highest BCUT2D eigenvalue weighted by atomic mass is 16.3. The average molecular weight is 345 g/mol. The van der Waals surface area contributed by atoms with Crippen LogP contribution >= 0.6 is 0 Å². The SMILES string of the molecule is CC1=C2CC[C@@H]3[C@@H](CC[C@@]4(C)[C@H]3CCC4(C)O)[C@@]2(C)CC(N=O)C1=O. The first kappa shape index (κ1) is 17.4. The predicted octanol–water partition coefficient (Wildman–Crippen LogP) is 4.40. The van der Waals surface area contributed by atoms with E-state index in [1.807, 2.05) is 13.8 Å². The van der Waals surface area contributed by atoms with Crippen LogP contribution < -0.4 is 0 Å². The fourth-order valence-electron chi connectivity index (χ4n) is 7.41. The van der Waals surface area contributed by atoms with Crippen molar-refractivity contribution in [2.75, 3.05) is 0 Å². The van der Waals surface area contributed by atoms with Crippen molar-refractivity contribution in [1.29, 1.82) is 0 Å². The van der Waals surface area contributed by atoms with Gasteiger partial charge >= 0.3 is 0 Å². The van der Waals surface area contributed by atoms with Crippen molar-refractivity contribution in [2.24, 2.45) is 33.8 Å². The van der Waals surface area contributed by atoms with E-state index in [-0.39, 0.29) is 16.6 Å². The van der Waals surface area contributed by atoms with Crippen molar-refractivity contribution < 1.29 is 9.90 Å². The molecule has 2 unspecified atom stereocenters. The molecular formula is C21H31NO3. The Morgan fingerprint density at radius 3 is 2.44 bits per heavy atom. The van der Waals surface area contributed by atoms with Crippen molar-refractivity contribution in [2.45, 2.75) is 84.3 Å². The van der Waals surface area contributed by atoms with Crippen LogP contribution in [0.15, 0.2) is 16.3 Å². The van der Waals surface area contributed by atoms with Gasteiger partial charge in [-0.05, 0) is 93.0 Å². The van der Waals surface area contributed by atoms with Crippen LogP contribution in [0.2, 0.25) is 0 Å². The summed E-state index contributed by atoms with van der Waals surface area (Å²) in [6.07, 6.45) is 6.80. The zero-order valence-electron chi connectivity index (χ0n) is 16.0. The maximum Gasteiger partial charge on any atom is 0.186 e. The lowest BCUT2D eigenvalue weighted by molar-refractivity contribution is -0.126. The molecule has 0 spiro atoms. The van der Waals surface area contributed by atoms with E-state index in [0.717, 1.165) is 44.1 Å². The number of nitroso groups, excluding NO2 is 1. The van der Waals surface area contributed by atoms with Crippen LogP contribution in [-0.2, 0) is 4.79 Å². The average Bonchev–Trinajstić information content (AvgIpc) is 2.81. The fraction of sp³-hybridized carbons (Fsp3) is 0.857. The Hall–Kier alpha value is -1.03. The minimum atomic E-state index is -0.701. The van der Waals surface area contributed by atoms with E-state index in [2.05, 4.69) is 19.0 Å². The Bertz CT molecular complexity index is 666. The lowest BCUT2D eigenvalue weighted by atomic mass is 9.45. The van der Waals surface area contributed by atoms with Gasteiger partial charge in [-0.15, -0.1) is 0 Å². The summed E-state index contributed by atoms with van der Waals surface area (Å²) in [7, 11) is 0. The first-order chi connectivity index (χ1) is 11.7. The van der Waals surface area contributed by atoms with E-state index in [4.69, 9.17) is 0 Å². The van der Waals surface area contributed by atoms with Gasteiger partial charge in [0.1, 0.15) is 0 Å². The molecule has 1 N–H and O–H groups in total. The predicted molar refractivity (Wildman–Crippen MR) is 96.9 cm³/mol. The lowest BCUT2D eigenvalue weighted by Crippen LogP contribution is -2.55. The van der Waals surface area contributed by atoms with Gasteiger partial charge in [0.25, 0.3) is 0 Å². The molecule has 0 radical (unpaired) electrons. The highest BCUT2D eigenvalue weighted by Gasteiger charge is 2.63. The first-order valence-electron chi connectivity index (χ1n) is 9.95. The zero-order valence-corrected chi connectivity index (χ0v) is 16.0. The molecular weight excluding hydrogens is 314 g/mol. The fourth-order valence-corrected chi connectivity index (χ4v) is 7.41. The standard InChI is InChI=1S/C21H31NO3/c1-12-14-6-5-13-15(19(14,2)11-17(22-25)18(12)23)7-9-20(3)16(13)8-10-21(20,4)24/h13,15-17,24H,5-11H2,1-4H3/t13-,15-,16+,17?,19+,20+,21?/m1/s1. The van der Waals surface area contributed by atoms with Crippen molar-refractivity contribution in [3.8, 4) is 0 Å². The van der Waals surface area contributed by atoms with E-state index in [0.29, 0.717) is 24.2 Å². The summed E-state index contributed by atoms with van der Waals surface area (Å²) in [6.45, 7) is 8.50. The molecule has 0 amide bonds. The zero-order chi connectivity index (χ0) is 18.2. The van der Waals surface area contributed by atoms with Crippen molar-refractivity contribution in [1.82, 2.24) is 0 Å². The minimum absolute atomic E-state index is 0.00753. The molecule has 4 aliphatic carbocycles. The first-order valence-corrected chi connectivity index (χ1v) is 9.95. The molecule has 25 heavy (non-hydrogen) atoms. The molecule has 0 aromatic heterocycles. The van der Waals surface area contributed by atoms with Gasteiger partial charge in [-0.2, -0.15) is 4.91 Å². The van der Waals surface area contributed by atoms with Gasteiger partial charge in [0.15, 0.2) is 11.8 Å². The van der Waals surface area contributed by atoms with E-state index in [1.165, 1.54) is 5.57 Å². The lowest BCUT2D eigenvalue weighted by Gasteiger charge is -2.59. The Balaban J connectivity index is 1.74. The summed E-state index contributed by atoms with van der Waals surface area (Å²) in [5.41, 5.74) is 1.48. The number of ketones is 1. The summed E-state index contributed by atoms with van der Waals surface area (Å²) in [6, 6.07) is -0.701. The molecule has 0 saturated heterocycles. The summed E-state index contributed by atoms with van der Waals surface area (Å²) in [4.78, 5) is 23.7. The summed E-state index contributed by atoms with van der Waals surface area (Å²) in [5, 5.41) is 14.2. The number of fused-ring (bicyclic) bond motifs is 5. The van der Waals surface area contributed by atoms with Crippen molar-refractivity contribution >= 4 is 5.78 Å². The van der Waals surface area contributed by atoms with Gasteiger partial charge in [0, 0.05) is 0 Å². The molecule has 0 aliphatic heterocycles. The molecule has 4 nitrogen and oxygen atoms in total. The largest absolute Gasteiger partial charge is 0.390 e. The van der Waals surface area contributed by atoms with Gasteiger partial charge in [0.2, 0.25) is 0 Å². The normalized spacial score (nSPS) is 52.4. The van der Waals surface area contributed by atoms with Gasteiger partial charge in [-0.1, -0.05) is 24.6 Å². The Labute approximate surface area is 150 Å². The molecule has 4 rings (SSSR count). The number of nitrogens with zero attached hydrogens (tertiary/aromatic N) is 1. The molecule has 3 fully saturated rings. The summed E-state index contributed by atoms with van der Waals surface area (Å²) < 4.78 is 0. The van der Waals surface area contributed by atoms with Gasteiger partial charge in [0.05, 0.1) is 5.60 Å². The molecule has 4 heteroatoms. The minimum Gasteiger partial charge on any atom is -0.390 e. The maximum absolute atomic E-state index is 12.4. The van der Waals surface area contributed by atoms with Gasteiger partial charge < -0.3 is 5.11 Å². The van der Waals surface area contributed by atoms with Crippen LogP contribution in [-0.4, -0.2) is 22.5 Å². The third kappa shape index (κ3) is 2.06. The van der Waals surface area contributed by atoms with Crippen LogP contribution in [0.4, 0.5) is 0 Å². The van der Waals surface area contributed by atoms with Crippen LogP contribution in [0, 0.1) is 33.5 Å². The molecule has 0 heterocycles. The number of rotatable bonds is 1. The second kappa shape index (κ2) is 5.25. The van der Waals surface area contributed by atoms with Crippen molar-refractivity contribution in [3.63, 3.8) is 0 Å².